The highest BCUT2D eigenvalue weighted by atomic mass is 16.5. The average molecular weight is 661 g/mol. The fourth-order valence-corrected chi connectivity index (χ4v) is 7.87. The first-order valence-corrected chi connectivity index (χ1v) is 17.5. The predicted molar refractivity (Wildman–Crippen MR) is 182 cm³/mol. The van der Waals surface area contributed by atoms with Crippen LogP contribution < -0.4 is 0 Å². The minimum Gasteiger partial charge on any atom is -0.483 e. The van der Waals surface area contributed by atoms with E-state index < -0.39 is 16.6 Å². The molecule has 260 valence electrons. The normalized spacial score (nSPS) is 30.2. The molecule has 0 fully saturated rings. The smallest absolute Gasteiger partial charge is 0.331 e. The van der Waals surface area contributed by atoms with E-state index in [1.54, 1.807) is 26.0 Å². The summed E-state index contributed by atoms with van der Waals surface area (Å²) < 4.78 is 23.9. The molecule has 0 spiro atoms. The molecule has 0 amide bonds. The van der Waals surface area contributed by atoms with Gasteiger partial charge in [-0.05, 0) is 119 Å². The molecule has 3 unspecified atom stereocenters. The molecule has 0 saturated carbocycles. The van der Waals surface area contributed by atoms with Gasteiger partial charge in [0.15, 0.2) is 11.2 Å². The third kappa shape index (κ3) is 7.63. The largest absolute Gasteiger partial charge is 0.483 e. The van der Waals surface area contributed by atoms with Gasteiger partial charge in [0.05, 0.1) is 11.0 Å². The Morgan fingerprint density at radius 1 is 0.792 bits per heavy atom. The van der Waals surface area contributed by atoms with Crippen LogP contribution in [0.3, 0.4) is 0 Å². The second kappa shape index (κ2) is 13.7. The number of ether oxygens (including phenoxy) is 4. The number of ketones is 2. The molecule has 4 aliphatic heterocycles. The van der Waals surface area contributed by atoms with Gasteiger partial charge in [0, 0.05) is 37.0 Å². The Bertz CT molecular complexity index is 1560. The molecule has 0 aromatic carbocycles. The van der Waals surface area contributed by atoms with Crippen molar-refractivity contribution in [2.24, 2.45) is 11.3 Å². The van der Waals surface area contributed by atoms with Crippen molar-refractivity contribution in [1.29, 1.82) is 0 Å². The van der Waals surface area contributed by atoms with Crippen molar-refractivity contribution in [3.63, 3.8) is 0 Å². The van der Waals surface area contributed by atoms with Crippen LogP contribution >= 0.6 is 0 Å². The van der Waals surface area contributed by atoms with Crippen LogP contribution in [-0.4, -0.2) is 46.9 Å². The molecule has 48 heavy (non-hydrogen) atoms. The predicted octanol–water partition coefficient (Wildman–Crippen LogP) is 8.03. The van der Waals surface area contributed by atoms with E-state index in [-0.39, 0.29) is 41.6 Å². The molecule has 0 radical (unpaired) electrons. The third-order valence-electron chi connectivity index (χ3n) is 10.4. The fraction of sp³-hybridized carbons (Fsp3) is 0.600. The van der Waals surface area contributed by atoms with E-state index in [9.17, 15) is 19.2 Å². The van der Waals surface area contributed by atoms with Crippen LogP contribution in [0, 0.1) is 11.3 Å². The van der Waals surface area contributed by atoms with Crippen LogP contribution in [0.15, 0.2) is 69.8 Å². The number of hydrogen-bond donors (Lipinski definition) is 0. The number of carbonyl (C=O) groups excluding carboxylic acids is 4. The molecule has 4 heterocycles. The van der Waals surface area contributed by atoms with Crippen molar-refractivity contribution in [2.45, 2.75) is 143 Å². The van der Waals surface area contributed by atoms with Crippen molar-refractivity contribution in [3.05, 3.63) is 69.8 Å². The number of rotatable bonds is 11. The monoisotopic (exact) mass is 660 g/mol. The van der Waals surface area contributed by atoms with Crippen LogP contribution in [0.4, 0.5) is 0 Å². The highest BCUT2D eigenvalue weighted by Crippen LogP contribution is 2.58. The van der Waals surface area contributed by atoms with Crippen molar-refractivity contribution in [1.82, 2.24) is 0 Å². The van der Waals surface area contributed by atoms with Crippen LogP contribution in [0.2, 0.25) is 0 Å². The zero-order valence-corrected chi connectivity index (χ0v) is 30.0. The number of esters is 2. The summed E-state index contributed by atoms with van der Waals surface area (Å²) in [6.45, 7) is 15.2. The molecule has 8 heteroatoms. The molecule has 0 aromatic heterocycles. The Morgan fingerprint density at radius 3 is 1.88 bits per heavy atom. The highest BCUT2D eigenvalue weighted by Gasteiger charge is 2.58. The lowest BCUT2D eigenvalue weighted by molar-refractivity contribution is -0.143. The maximum atomic E-state index is 14.2. The summed E-state index contributed by atoms with van der Waals surface area (Å²) in [5, 5.41) is 0. The summed E-state index contributed by atoms with van der Waals surface area (Å²) >= 11 is 0. The van der Waals surface area contributed by atoms with E-state index >= 15 is 0 Å². The van der Waals surface area contributed by atoms with E-state index in [0.717, 1.165) is 61.0 Å². The van der Waals surface area contributed by atoms with Crippen molar-refractivity contribution < 1.29 is 38.1 Å². The van der Waals surface area contributed by atoms with Crippen molar-refractivity contribution >= 4 is 23.5 Å². The standard InChI is InChI=1S/C40H52O8/c1-24(17-29-19-26(3)21-33(42)45-29)11-9-13-28-14-16-40(32-23-31(41)38(5,6)47-32,35-36(28)48-39(7,8)37(35)44)15-10-12-25(2)18-30-20-27(4)22-34(43)46-30/h17-18,21-23,28-30H,9-16,19-20H2,1-8H3/t28?,29?,30?,40-/m1/s1. The summed E-state index contributed by atoms with van der Waals surface area (Å²) in [7, 11) is 0. The lowest BCUT2D eigenvalue weighted by Gasteiger charge is -2.41. The Balaban J connectivity index is 1.36. The van der Waals surface area contributed by atoms with E-state index in [1.165, 1.54) is 11.6 Å². The molecule has 5 aliphatic rings. The summed E-state index contributed by atoms with van der Waals surface area (Å²) in [4.78, 5) is 51.1. The van der Waals surface area contributed by atoms with Crippen LogP contribution in [-0.2, 0) is 38.1 Å². The van der Waals surface area contributed by atoms with Gasteiger partial charge in [-0.25, -0.2) is 9.59 Å². The number of Topliss-reactive ketones (excluding diaryl/α,β-unsaturated/α-hetero) is 1. The van der Waals surface area contributed by atoms with E-state index in [0.29, 0.717) is 37.0 Å². The van der Waals surface area contributed by atoms with Crippen molar-refractivity contribution in [2.75, 3.05) is 0 Å². The fourth-order valence-electron chi connectivity index (χ4n) is 7.87. The second-order valence-corrected chi connectivity index (χ2v) is 15.6. The molecule has 0 N–H and O–H groups in total. The molecule has 1 aliphatic carbocycles. The number of hydrogen-bond acceptors (Lipinski definition) is 8. The molecule has 0 bridgehead atoms. The molecule has 0 aromatic rings. The Kier molecular flexibility index (Phi) is 10.1. The van der Waals surface area contributed by atoms with Gasteiger partial charge in [0.1, 0.15) is 23.7 Å². The SMILES string of the molecule is CC(=CC1CC(C)=CC(=O)O1)CCCC1CC[C@](CCCC(C)=CC2CC(C)=CC(=O)O2)(C2=CC(=O)C(C)(C)O2)C2=C1OC(C)(C)C2=O. The molecular formula is C40H52O8. The molecule has 4 atom stereocenters. The van der Waals surface area contributed by atoms with Crippen LogP contribution in [0.5, 0.6) is 0 Å². The van der Waals surface area contributed by atoms with Gasteiger partial charge in [-0.2, -0.15) is 0 Å². The zero-order chi connectivity index (χ0) is 35.0. The van der Waals surface area contributed by atoms with Gasteiger partial charge < -0.3 is 18.9 Å². The summed E-state index contributed by atoms with van der Waals surface area (Å²) in [6.07, 6.45) is 15.9. The highest BCUT2D eigenvalue weighted by molar-refractivity contribution is 6.06. The summed E-state index contributed by atoms with van der Waals surface area (Å²) in [6, 6.07) is 0. The van der Waals surface area contributed by atoms with Gasteiger partial charge >= 0.3 is 11.9 Å². The Hall–Kier alpha value is -3.68. The van der Waals surface area contributed by atoms with Gasteiger partial charge in [-0.3, -0.25) is 9.59 Å². The number of cyclic esters (lactones) is 2. The van der Waals surface area contributed by atoms with E-state index in [1.807, 2.05) is 40.7 Å². The first-order valence-electron chi connectivity index (χ1n) is 17.5. The number of allylic oxidation sites excluding steroid dienone is 4. The van der Waals surface area contributed by atoms with Gasteiger partial charge in [0.25, 0.3) is 0 Å². The van der Waals surface area contributed by atoms with E-state index in [4.69, 9.17) is 18.9 Å². The molecule has 0 saturated heterocycles. The zero-order valence-electron chi connectivity index (χ0n) is 30.0. The minimum atomic E-state index is -1.00. The molecular weight excluding hydrogens is 608 g/mol. The topological polar surface area (TPSA) is 105 Å². The Labute approximate surface area is 285 Å². The molecule has 8 nitrogen and oxygen atoms in total. The van der Waals surface area contributed by atoms with Gasteiger partial charge in [0.2, 0.25) is 11.6 Å². The van der Waals surface area contributed by atoms with E-state index in [2.05, 4.69) is 13.0 Å². The van der Waals surface area contributed by atoms with Gasteiger partial charge in [-0.15, -0.1) is 0 Å². The number of carbonyl (C=O) groups is 4. The van der Waals surface area contributed by atoms with Crippen LogP contribution in [0.25, 0.3) is 0 Å². The first kappa shape index (κ1) is 35.6. The third-order valence-corrected chi connectivity index (χ3v) is 10.4. The quantitative estimate of drug-likeness (QED) is 0.162. The molecule has 5 rings (SSSR count). The summed E-state index contributed by atoms with van der Waals surface area (Å²) in [5.41, 5.74) is 2.24. The second-order valence-electron chi connectivity index (χ2n) is 15.6. The average Bonchev–Trinajstić information content (AvgIpc) is 3.38. The maximum absolute atomic E-state index is 14.2. The lowest BCUT2D eigenvalue weighted by Crippen LogP contribution is -2.39. The van der Waals surface area contributed by atoms with Crippen LogP contribution in [0.1, 0.15) is 120 Å². The summed E-state index contributed by atoms with van der Waals surface area (Å²) in [5.74, 6) is 0.680. The maximum Gasteiger partial charge on any atom is 0.331 e. The first-order chi connectivity index (χ1) is 22.5. The minimum absolute atomic E-state index is 0.0360. The van der Waals surface area contributed by atoms with Crippen molar-refractivity contribution in [3.8, 4) is 0 Å². The lowest BCUT2D eigenvalue weighted by atomic mass is 9.63. The van der Waals surface area contributed by atoms with Gasteiger partial charge in [-0.1, -0.05) is 22.3 Å². The Morgan fingerprint density at radius 2 is 1.35 bits per heavy atom.